The Labute approximate surface area is 84.7 Å². The van der Waals surface area contributed by atoms with Crippen molar-refractivity contribution >= 4 is 51.4 Å². The van der Waals surface area contributed by atoms with Crippen molar-refractivity contribution < 1.29 is 35.0 Å². The summed E-state index contributed by atoms with van der Waals surface area (Å²) in [5, 5.41) is 0. The van der Waals surface area contributed by atoms with Gasteiger partial charge >= 0.3 is 0 Å². The molecule has 0 aromatic heterocycles. The van der Waals surface area contributed by atoms with Crippen molar-refractivity contribution in [1.29, 1.82) is 0 Å². The van der Waals surface area contributed by atoms with E-state index in [0.717, 1.165) is 0 Å². The zero-order chi connectivity index (χ0) is 0. The van der Waals surface area contributed by atoms with Crippen LogP contribution in [0.25, 0.3) is 0 Å². The van der Waals surface area contributed by atoms with E-state index >= 15 is 0 Å². The first-order valence-electron chi connectivity index (χ1n) is 0. The van der Waals surface area contributed by atoms with Gasteiger partial charge in [0.15, 0.2) is 0 Å². The summed E-state index contributed by atoms with van der Waals surface area (Å²) in [7, 11) is 0. The molecule has 30 valence electrons. The molecule has 0 saturated heterocycles. The average Bonchev–Trinajstić information content (AvgIpc) is 0. The molecule has 5 heteroatoms. The minimum absolute atomic E-state index is 0. The number of hydrogen-bond acceptors (Lipinski definition) is 0. The smallest absolute Gasteiger partial charge is 0 e. The van der Waals surface area contributed by atoms with Gasteiger partial charge in [-0.25, -0.2) is 0 Å². The maximum atomic E-state index is 0. The third-order valence-corrected chi connectivity index (χ3v) is 0. The van der Waals surface area contributed by atoms with Gasteiger partial charge in [-0.3, -0.25) is 0 Å². The van der Waals surface area contributed by atoms with Crippen LogP contribution in [-0.2, 0) is 18.6 Å². The van der Waals surface area contributed by atoms with E-state index in [1.54, 1.807) is 0 Å². The maximum absolute atomic E-state index is 0. The summed E-state index contributed by atoms with van der Waals surface area (Å²) in [4.78, 5) is 0. The molecule has 0 atom stereocenters. The van der Waals surface area contributed by atoms with Gasteiger partial charge in [0.25, 0.3) is 0 Å². The van der Waals surface area contributed by atoms with Gasteiger partial charge in [0.1, 0.15) is 0 Å². The molecule has 6 N–H and O–H groups in total. The predicted octanol–water partition coefficient (Wildman–Crippen LogP) is -2.86. The first-order chi connectivity index (χ1) is 0. The molecule has 0 unspecified atom stereocenters. The van der Waals surface area contributed by atoms with Gasteiger partial charge in [-0.2, -0.15) is 0 Å². The molecular formula is H6KO3V. The third kappa shape index (κ3) is 23.2. The van der Waals surface area contributed by atoms with Crippen LogP contribution in [0.3, 0.4) is 0 Å². The Morgan fingerprint density at radius 1 is 0.600 bits per heavy atom. The normalized spacial score (nSPS) is 0. The minimum atomic E-state index is 0. The van der Waals surface area contributed by atoms with Crippen LogP contribution in [0.15, 0.2) is 0 Å². The molecule has 0 bridgehead atoms. The van der Waals surface area contributed by atoms with Crippen LogP contribution in [0.2, 0.25) is 0 Å². The summed E-state index contributed by atoms with van der Waals surface area (Å²) in [5.41, 5.74) is 0. The molecule has 0 heterocycles. The second-order valence-corrected chi connectivity index (χ2v) is 0. The monoisotopic (exact) mass is 144 g/mol. The molecule has 3 nitrogen and oxygen atoms in total. The molecule has 0 aliphatic rings. The SMILES string of the molecule is O.O.O.[K].[V]. The zero-order valence-corrected chi connectivity index (χ0v) is 7.47. The molecule has 0 rings (SSSR count). The van der Waals surface area contributed by atoms with E-state index in [0.29, 0.717) is 0 Å². The van der Waals surface area contributed by atoms with Gasteiger partial charge in [0.2, 0.25) is 0 Å². The summed E-state index contributed by atoms with van der Waals surface area (Å²) in [6.07, 6.45) is 0. The van der Waals surface area contributed by atoms with Gasteiger partial charge in [-0.15, -0.1) is 0 Å². The van der Waals surface area contributed by atoms with E-state index in [1.807, 2.05) is 0 Å². The van der Waals surface area contributed by atoms with Crippen LogP contribution in [0, 0.1) is 0 Å². The van der Waals surface area contributed by atoms with Gasteiger partial charge in [0.05, 0.1) is 0 Å². The fourth-order valence-electron chi connectivity index (χ4n) is 0. The molecular weight excluding hydrogens is 138 g/mol. The fourth-order valence-corrected chi connectivity index (χ4v) is 0. The molecule has 0 aliphatic carbocycles. The van der Waals surface area contributed by atoms with Crippen LogP contribution in [0.4, 0.5) is 0 Å². The van der Waals surface area contributed by atoms with Crippen molar-refractivity contribution in [3.63, 3.8) is 0 Å². The quantitative estimate of drug-likeness (QED) is 0.327. The molecule has 0 fully saturated rings. The Hall–Kier alpha value is 2.10. The molecule has 0 spiro atoms. The standard InChI is InChI=1S/K.3H2O.V/h;3*1H2;. The van der Waals surface area contributed by atoms with E-state index in [1.165, 1.54) is 0 Å². The molecule has 0 aromatic carbocycles. The fraction of sp³-hybridized carbons (Fsp3) is 0. The van der Waals surface area contributed by atoms with Gasteiger partial charge in [0, 0.05) is 69.9 Å². The van der Waals surface area contributed by atoms with Crippen LogP contribution in [0.5, 0.6) is 0 Å². The first-order valence-corrected chi connectivity index (χ1v) is 0. The number of hydrogen-bond donors (Lipinski definition) is 0. The molecule has 5 heavy (non-hydrogen) atoms. The third-order valence-electron chi connectivity index (χ3n) is 0. The second-order valence-electron chi connectivity index (χ2n) is 0. The maximum Gasteiger partial charge on any atom is 0 e. The van der Waals surface area contributed by atoms with Crippen LogP contribution >= 0.6 is 0 Å². The average molecular weight is 144 g/mol. The number of rotatable bonds is 0. The van der Waals surface area contributed by atoms with Crippen LogP contribution < -0.4 is 0 Å². The van der Waals surface area contributed by atoms with Crippen molar-refractivity contribution in [3.8, 4) is 0 Å². The van der Waals surface area contributed by atoms with Crippen molar-refractivity contribution in [2.24, 2.45) is 0 Å². The van der Waals surface area contributed by atoms with E-state index < -0.39 is 0 Å². The van der Waals surface area contributed by atoms with E-state index in [2.05, 4.69) is 0 Å². The molecule has 0 aromatic rings. The van der Waals surface area contributed by atoms with Crippen molar-refractivity contribution in [2.75, 3.05) is 0 Å². The second kappa shape index (κ2) is 36.0. The summed E-state index contributed by atoms with van der Waals surface area (Å²) in [5.74, 6) is 0. The first kappa shape index (κ1) is 59.9. The largest absolute Gasteiger partial charge is 0.412 e. The Bertz CT molecular complexity index is 6.85. The predicted molar refractivity (Wildman–Crippen MR) is 16.6 cm³/mol. The van der Waals surface area contributed by atoms with Gasteiger partial charge in [-0.05, 0) is 0 Å². The van der Waals surface area contributed by atoms with E-state index in [4.69, 9.17) is 0 Å². The van der Waals surface area contributed by atoms with E-state index in [9.17, 15) is 0 Å². The van der Waals surface area contributed by atoms with Crippen LogP contribution in [0.1, 0.15) is 0 Å². The summed E-state index contributed by atoms with van der Waals surface area (Å²) in [6, 6.07) is 0. The molecule has 0 saturated carbocycles. The van der Waals surface area contributed by atoms with E-state index in [-0.39, 0.29) is 86.4 Å². The Kier molecular flexibility index (Phi) is 431. The minimum Gasteiger partial charge on any atom is -0.412 e. The Balaban J connectivity index is 0. The van der Waals surface area contributed by atoms with Crippen molar-refractivity contribution in [3.05, 3.63) is 0 Å². The van der Waals surface area contributed by atoms with Gasteiger partial charge < -0.3 is 16.4 Å². The Morgan fingerprint density at radius 2 is 0.600 bits per heavy atom. The summed E-state index contributed by atoms with van der Waals surface area (Å²) >= 11 is 0. The van der Waals surface area contributed by atoms with Crippen molar-refractivity contribution in [1.82, 2.24) is 0 Å². The molecule has 0 amide bonds. The topological polar surface area (TPSA) is 94.5 Å². The Morgan fingerprint density at radius 3 is 0.600 bits per heavy atom. The summed E-state index contributed by atoms with van der Waals surface area (Å²) < 4.78 is 0. The van der Waals surface area contributed by atoms with Crippen molar-refractivity contribution in [2.45, 2.75) is 0 Å². The van der Waals surface area contributed by atoms with Gasteiger partial charge in [-0.1, -0.05) is 0 Å². The van der Waals surface area contributed by atoms with Crippen LogP contribution in [-0.4, -0.2) is 67.8 Å². The summed E-state index contributed by atoms with van der Waals surface area (Å²) in [6.45, 7) is 0. The molecule has 2 radical (unpaired) electrons. The molecule has 0 aliphatic heterocycles. The zero-order valence-electron chi connectivity index (χ0n) is 2.95.